The molecule has 0 radical (unpaired) electrons. The van der Waals surface area contributed by atoms with Gasteiger partial charge in [-0.1, -0.05) is 13.8 Å². The molecular weight excluding hydrogens is 151 g/mol. The van der Waals surface area contributed by atoms with Crippen molar-refractivity contribution in [1.82, 2.24) is 5.32 Å². The van der Waals surface area contributed by atoms with Gasteiger partial charge in [0.15, 0.2) is 0 Å². The smallest absolute Gasteiger partial charge is 0.664 e. The van der Waals surface area contributed by atoms with E-state index >= 15 is 0 Å². The molecule has 0 spiro atoms. The van der Waals surface area contributed by atoms with Crippen molar-refractivity contribution in [2.75, 3.05) is 26.7 Å². The number of rotatable bonds is 5. The normalized spacial score (nSPS) is 9.60. The monoisotopic (exact) mass is 168 g/mol. The van der Waals surface area contributed by atoms with E-state index < -0.39 is 0 Å². The van der Waals surface area contributed by atoms with Crippen molar-refractivity contribution < 1.29 is 51.4 Å². The largest absolute Gasteiger partial charge is 1.00 e. The Morgan fingerprint density at radius 3 is 2.40 bits per heavy atom. The Labute approximate surface area is 107 Å². The molecule has 0 aliphatic heterocycles. The minimum Gasteiger partial charge on any atom is -0.664 e. The summed E-state index contributed by atoms with van der Waals surface area (Å²) in [6, 6.07) is 0. The number of nitrogens with zero attached hydrogens (tertiary/aromatic N) is 1. The summed E-state index contributed by atoms with van der Waals surface area (Å²) in [5.41, 5.74) is 0. The molecule has 0 rings (SSSR count). The van der Waals surface area contributed by atoms with Crippen molar-refractivity contribution in [1.29, 1.82) is 0 Å². The van der Waals surface area contributed by atoms with Gasteiger partial charge in [-0.05, 0) is 19.0 Å². The van der Waals surface area contributed by atoms with Crippen molar-refractivity contribution in [3.63, 3.8) is 0 Å². The summed E-state index contributed by atoms with van der Waals surface area (Å²) in [5.74, 6) is 0.752. The van der Waals surface area contributed by atoms with Gasteiger partial charge in [-0.15, -0.1) is 6.54 Å². The molecule has 3 heteroatoms. The molecule has 0 aromatic carbocycles. The van der Waals surface area contributed by atoms with Crippen LogP contribution in [-0.4, -0.2) is 26.7 Å². The predicted octanol–water partition coefficient (Wildman–Crippen LogP) is -1.76. The summed E-state index contributed by atoms with van der Waals surface area (Å²) in [6.07, 6.45) is 0. The first-order valence-corrected chi connectivity index (χ1v) is 3.53. The summed E-state index contributed by atoms with van der Waals surface area (Å²) in [5, 5.41) is 7.26. The fourth-order valence-corrected chi connectivity index (χ4v) is 0.582. The molecule has 0 saturated carbocycles. The van der Waals surface area contributed by atoms with Crippen molar-refractivity contribution >= 4 is 0 Å². The van der Waals surface area contributed by atoms with Crippen LogP contribution in [0.25, 0.3) is 5.32 Å². The summed E-state index contributed by atoms with van der Waals surface area (Å²) in [7, 11) is 1.84. The molecule has 0 aromatic rings. The fourth-order valence-electron chi connectivity index (χ4n) is 0.582. The second-order valence-corrected chi connectivity index (χ2v) is 2.64. The first-order valence-electron chi connectivity index (χ1n) is 3.53. The van der Waals surface area contributed by atoms with Gasteiger partial charge in [0.1, 0.15) is 0 Å². The van der Waals surface area contributed by atoms with E-state index in [-0.39, 0.29) is 51.4 Å². The Kier molecular flexibility index (Phi) is 14.9. The van der Waals surface area contributed by atoms with Crippen LogP contribution in [0.3, 0.4) is 0 Å². The van der Waals surface area contributed by atoms with Gasteiger partial charge in [0.2, 0.25) is 0 Å². The molecule has 10 heavy (non-hydrogen) atoms. The Bertz CT molecular complexity index is 57.6. The van der Waals surface area contributed by atoms with Crippen molar-refractivity contribution in [3.05, 3.63) is 5.32 Å². The van der Waals surface area contributed by atoms with Crippen LogP contribution in [0.5, 0.6) is 0 Å². The van der Waals surface area contributed by atoms with E-state index in [4.69, 9.17) is 0 Å². The molecule has 0 aliphatic carbocycles. The number of hydrogen-bond donors (Lipinski definition) is 1. The van der Waals surface area contributed by atoms with Gasteiger partial charge in [-0.3, -0.25) is 0 Å². The average molecular weight is 168 g/mol. The molecule has 0 saturated heterocycles. The molecule has 0 heterocycles. The third-order valence-electron chi connectivity index (χ3n) is 1.06. The molecule has 0 amide bonds. The maximum atomic E-state index is 3.97. The standard InChI is InChI=1S/C7H17N2.K/c1-7(2)6-9-5-4-8-3;/h7,9H,4-6H2,1-3H3;/q-1;+1. The molecule has 0 fully saturated rings. The second-order valence-electron chi connectivity index (χ2n) is 2.64. The van der Waals surface area contributed by atoms with Crippen LogP contribution in [0.2, 0.25) is 0 Å². The first-order chi connectivity index (χ1) is 4.27. The molecule has 2 nitrogen and oxygen atoms in total. The molecule has 56 valence electrons. The Morgan fingerprint density at radius 1 is 1.40 bits per heavy atom. The minimum atomic E-state index is 0. The second kappa shape index (κ2) is 10.6. The van der Waals surface area contributed by atoms with Crippen LogP contribution >= 0.6 is 0 Å². The van der Waals surface area contributed by atoms with Crippen LogP contribution in [0, 0.1) is 5.92 Å². The number of nitrogens with one attached hydrogen (secondary N) is 1. The van der Waals surface area contributed by atoms with Gasteiger partial charge in [-0.2, -0.15) is 7.05 Å². The van der Waals surface area contributed by atoms with Crippen LogP contribution in [0.15, 0.2) is 0 Å². The third kappa shape index (κ3) is 12.3. The summed E-state index contributed by atoms with van der Waals surface area (Å²) >= 11 is 0. The van der Waals surface area contributed by atoms with Gasteiger partial charge in [0, 0.05) is 0 Å². The number of likely N-dealkylation sites (N-methyl/N-ethyl adjacent to an activating group) is 1. The Hall–Kier alpha value is 1.56. The zero-order valence-electron chi connectivity index (χ0n) is 7.65. The van der Waals surface area contributed by atoms with Crippen molar-refractivity contribution in [3.8, 4) is 0 Å². The Morgan fingerprint density at radius 2 is 2.00 bits per heavy atom. The van der Waals surface area contributed by atoms with E-state index in [0.717, 1.165) is 25.6 Å². The summed E-state index contributed by atoms with van der Waals surface area (Å²) in [4.78, 5) is 0. The van der Waals surface area contributed by atoms with Crippen LogP contribution in [0.1, 0.15) is 13.8 Å². The van der Waals surface area contributed by atoms with Crippen LogP contribution < -0.4 is 56.7 Å². The van der Waals surface area contributed by atoms with Crippen molar-refractivity contribution in [2.45, 2.75) is 13.8 Å². The van der Waals surface area contributed by atoms with Gasteiger partial charge >= 0.3 is 51.4 Å². The Balaban J connectivity index is 0. The van der Waals surface area contributed by atoms with E-state index in [1.165, 1.54) is 0 Å². The maximum Gasteiger partial charge on any atom is 1.00 e. The molecule has 1 N–H and O–H groups in total. The van der Waals surface area contributed by atoms with E-state index in [1.807, 2.05) is 7.05 Å². The van der Waals surface area contributed by atoms with E-state index in [2.05, 4.69) is 24.5 Å². The zero-order valence-corrected chi connectivity index (χ0v) is 10.8. The van der Waals surface area contributed by atoms with E-state index in [1.54, 1.807) is 0 Å². The van der Waals surface area contributed by atoms with Gasteiger partial charge in [0.25, 0.3) is 0 Å². The van der Waals surface area contributed by atoms with Gasteiger partial charge in [-0.25, -0.2) is 0 Å². The number of hydrogen-bond acceptors (Lipinski definition) is 1. The van der Waals surface area contributed by atoms with E-state index in [0.29, 0.717) is 0 Å². The van der Waals surface area contributed by atoms with Crippen LogP contribution in [0.4, 0.5) is 0 Å². The average Bonchev–Trinajstić information content (AvgIpc) is 1.80. The van der Waals surface area contributed by atoms with Crippen molar-refractivity contribution in [2.24, 2.45) is 5.92 Å². The fraction of sp³-hybridized carbons (Fsp3) is 1.00. The molecular formula is C7H17KN2. The quantitative estimate of drug-likeness (QED) is 0.382. The van der Waals surface area contributed by atoms with Crippen LogP contribution in [-0.2, 0) is 0 Å². The molecule has 0 aliphatic rings. The molecule has 0 aromatic heterocycles. The predicted molar refractivity (Wildman–Crippen MR) is 41.9 cm³/mol. The molecule has 0 bridgehead atoms. The van der Waals surface area contributed by atoms with E-state index in [9.17, 15) is 0 Å². The summed E-state index contributed by atoms with van der Waals surface area (Å²) < 4.78 is 0. The topological polar surface area (TPSA) is 26.1 Å². The maximum absolute atomic E-state index is 3.97. The first kappa shape index (κ1) is 14.1. The molecule has 0 atom stereocenters. The SMILES string of the molecule is C[N-]CCNCC(C)C.[K+]. The zero-order chi connectivity index (χ0) is 7.11. The molecule has 0 unspecified atom stereocenters. The van der Waals surface area contributed by atoms with Gasteiger partial charge in [0.05, 0.1) is 0 Å². The van der Waals surface area contributed by atoms with Gasteiger partial charge < -0.3 is 10.6 Å². The summed E-state index contributed by atoms with van der Waals surface area (Å²) in [6.45, 7) is 7.48. The minimum absolute atomic E-state index is 0. The third-order valence-corrected chi connectivity index (χ3v) is 1.06.